The molecule has 0 saturated carbocycles. The molecule has 0 atom stereocenters. The van der Waals surface area contributed by atoms with E-state index >= 15 is 0 Å². The molecule has 0 spiro atoms. The molecule has 0 bridgehead atoms. The minimum absolute atomic E-state index is 0.151. The molecular formula is C21H19N5O3. The van der Waals surface area contributed by atoms with E-state index in [-0.39, 0.29) is 23.6 Å². The van der Waals surface area contributed by atoms with E-state index < -0.39 is 0 Å². The lowest BCUT2D eigenvalue weighted by Crippen LogP contribution is -2.27. The average Bonchev–Trinajstić information content (AvgIpc) is 3.39. The Balaban J connectivity index is 1.34. The predicted molar refractivity (Wildman–Crippen MR) is 110 cm³/mol. The van der Waals surface area contributed by atoms with Gasteiger partial charge in [-0.15, -0.1) is 0 Å². The maximum atomic E-state index is 12.7. The topological polar surface area (TPSA) is 93.3 Å². The summed E-state index contributed by atoms with van der Waals surface area (Å²) in [5.41, 5.74) is 1.45. The summed E-state index contributed by atoms with van der Waals surface area (Å²) in [6, 6.07) is 11.0. The third-order valence-electron chi connectivity index (χ3n) is 5.13. The Labute approximate surface area is 165 Å². The van der Waals surface area contributed by atoms with E-state index in [0.29, 0.717) is 16.8 Å². The molecule has 146 valence electrons. The number of hydrogen-bond acceptors (Lipinski definition) is 6. The standard InChI is InChI=1S/C21H19N5O3/c27-18(24-14-7-8-17(22-11-14)25-9-3-4-10-25)12-26-13-23-19-15-5-1-2-6-16(15)29-20(19)21(26)28/h1-2,5-8,11,13H,3-4,9-10,12H2,(H,24,27). The molecule has 1 N–H and O–H groups in total. The monoisotopic (exact) mass is 389 g/mol. The molecule has 1 aliphatic heterocycles. The quantitative estimate of drug-likeness (QED) is 0.577. The van der Waals surface area contributed by atoms with Crippen molar-refractivity contribution in [1.29, 1.82) is 0 Å². The van der Waals surface area contributed by atoms with Gasteiger partial charge in [-0.3, -0.25) is 14.2 Å². The van der Waals surface area contributed by atoms with Gasteiger partial charge in [-0.05, 0) is 37.1 Å². The van der Waals surface area contributed by atoms with Gasteiger partial charge >= 0.3 is 0 Å². The number of furan rings is 1. The summed E-state index contributed by atoms with van der Waals surface area (Å²) in [7, 11) is 0. The average molecular weight is 389 g/mol. The molecule has 1 aromatic carbocycles. The summed E-state index contributed by atoms with van der Waals surface area (Å²) in [6.07, 6.45) is 5.37. The second-order valence-electron chi connectivity index (χ2n) is 7.10. The number of amides is 1. The molecule has 0 unspecified atom stereocenters. The Kier molecular flexibility index (Phi) is 4.23. The highest BCUT2D eigenvalue weighted by molar-refractivity contribution is 6.01. The molecule has 4 heterocycles. The first-order valence-corrected chi connectivity index (χ1v) is 9.56. The van der Waals surface area contributed by atoms with Gasteiger partial charge in [0.15, 0.2) is 0 Å². The normalized spacial score (nSPS) is 14.0. The van der Waals surface area contributed by atoms with Crippen LogP contribution in [0.5, 0.6) is 0 Å². The van der Waals surface area contributed by atoms with Gasteiger partial charge < -0.3 is 14.6 Å². The van der Waals surface area contributed by atoms with Crippen molar-refractivity contribution in [3.05, 3.63) is 59.3 Å². The zero-order chi connectivity index (χ0) is 19.8. The Morgan fingerprint density at radius 1 is 1.10 bits per heavy atom. The molecule has 0 aliphatic carbocycles. The molecule has 5 rings (SSSR count). The maximum absolute atomic E-state index is 12.7. The molecule has 1 saturated heterocycles. The number of rotatable bonds is 4. The summed E-state index contributed by atoms with van der Waals surface area (Å²) in [4.78, 5) is 36.1. The van der Waals surface area contributed by atoms with Crippen molar-refractivity contribution >= 4 is 39.5 Å². The molecule has 8 heteroatoms. The molecule has 4 aromatic rings. The van der Waals surface area contributed by atoms with E-state index in [4.69, 9.17) is 4.42 Å². The second-order valence-corrected chi connectivity index (χ2v) is 7.10. The summed E-state index contributed by atoms with van der Waals surface area (Å²) in [6.45, 7) is 1.87. The summed E-state index contributed by atoms with van der Waals surface area (Å²) in [5.74, 6) is 0.580. The number of hydrogen-bond donors (Lipinski definition) is 1. The highest BCUT2D eigenvalue weighted by Gasteiger charge is 2.16. The van der Waals surface area contributed by atoms with Crippen LogP contribution in [0, 0.1) is 0 Å². The molecule has 8 nitrogen and oxygen atoms in total. The van der Waals surface area contributed by atoms with Crippen molar-refractivity contribution in [2.24, 2.45) is 0 Å². The Morgan fingerprint density at radius 3 is 2.72 bits per heavy atom. The highest BCUT2D eigenvalue weighted by Crippen LogP contribution is 2.24. The van der Waals surface area contributed by atoms with Crippen LogP contribution >= 0.6 is 0 Å². The number of carbonyl (C=O) groups is 1. The summed E-state index contributed by atoms with van der Waals surface area (Å²) < 4.78 is 6.89. The number of nitrogens with zero attached hydrogens (tertiary/aromatic N) is 4. The van der Waals surface area contributed by atoms with Crippen LogP contribution in [0.1, 0.15) is 12.8 Å². The van der Waals surface area contributed by atoms with Crippen molar-refractivity contribution in [1.82, 2.24) is 14.5 Å². The lowest BCUT2D eigenvalue weighted by Gasteiger charge is -2.16. The van der Waals surface area contributed by atoms with Crippen LogP contribution in [0.2, 0.25) is 0 Å². The molecular weight excluding hydrogens is 370 g/mol. The van der Waals surface area contributed by atoms with E-state index in [1.54, 1.807) is 12.3 Å². The van der Waals surface area contributed by atoms with Gasteiger partial charge in [0.2, 0.25) is 11.5 Å². The lowest BCUT2D eigenvalue weighted by molar-refractivity contribution is -0.116. The number of benzene rings is 1. The zero-order valence-corrected chi connectivity index (χ0v) is 15.7. The minimum Gasteiger partial charge on any atom is -0.448 e. The van der Waals surface area contributed by atoms with Crippen LogP contribution in [-0.4, -0.2) is 33.5 Å². The molecule has 1 amide bonds. The van der Waals surface area contributed by atoms with Crippen LogP contribution in [-0.2, 0) is 11.3 Å². The van der Waals surface area contributed by atoms with Gasteiger partial charge in [-0.1, -0.05) is 12.1 Å². The van der Waals surface area contributed by atoms with E-state index in [2.05, 4.69) is 20.2 Å². The fraction of sp³-hybridized carbons (Fsp3) is 0.238. The first-order chi connectivity index (χ1) is 14.2. The number of fused-ring (bicyclic) bond motifs is 3. The molecule has 3 aromatic heterocycles. The number of pyridine rings is 1. The van der Waals surface area contributed by atoms with E-state index in [0.717, 1.165) is 24.3 Å². The molecule has 1 fully saturated rings. The van der Waals surface area contributed by atoms with E-state index in [9.17, 15) is 9.59 Å². The number of anilines is 2. The fourth-order valence-electron chi connectivity index (χ4n) is 3.68. The fourth-order valence-corrected chi connectivity index (χ4v) is 3.68. The van der Waals surface area contributed by atoms with Crippen LogP contribution < -0.4 is 15.8 Å². The summed E-state index contributed by atoms with van der Waals surface area (Å²) in [5, 5.41) is 3.55. The van der Waals surface area contributed by atoms with Crippen molar-refractivity contribution in [2.75, 3.05) is 23.3 Å². The van der Waals surface area contributed by atoms with Gasteiger partial charge in [0.1, 0.15) is 23.5 Å². The molecule has 29 heavy (non-hydrogen) atoms. The summed E-state index contributed by atoms with van der Waals surface area (Å²) >= 11 is 0. The van der Waals surface area contributed by atoms with Crippen LogP contribution in [0.4, 0.5) is 11.5 Å². The van der Waals surface area contributed by atoms with Crippen molar-refractivity contribution < 1.29 is 9.21 Å². The van der Waals surface area contributed by atoms with Gasteiger partial charge in [0, 0.05) is 18.5 Å². The van der Waals surface area contributed by atoms with Crippen LogP contribution in [0.3, 0.4) is 0 Å². The van der Waals surface area contributed by atoms with Gasteiger partial charge in [-0.25, -0.2) is 9.97 Å². The largest absolute Gasteiger partial charge is 0.448 e. The predicted octanol–water partition coefficient (Wildman–Crippen LogP) is 2.78. The number of nitrogens with one attached hydrogen (secondary N) is 1. The van der Waals surface area contributed by atoms with Crippen molar-refractivity contribution in [3.8, 4) is 0 Å². The molecule has 1 aliphatic rings. The zero-order valence-electron chi connectivity index (χ0n) is 15.7. The van der Waals surface area contributed by atoms with Crippen LogP contribution in [0.25, 0.3) is 22.1 Å². The van der Waals surface area contributed by atoms with Crippen molar-refractivity contribution in [3.63, 3.8) is 0 Å². The van der Waals surface area contributed by atoms with Gasteiger partial charge in [0.25, 0.3) is 5.56 Å². The Hall–Kier alpha value is -3.68. The number of aromatic nitrogens is 3. The van der Waals surface area contributed by atoms with E-state index in [1.807, 2.05) is 30.3 Å². The lowest BCUT2D eigenvalue weighted by atomic mass is 10.2. The van der Waals surface area contributed by atoms with E-state index in [1.165, 1.54) is 23.7 Å². The first kappa shape index (κ1) is 17.4. The van der Waals surface area contributed by atoms with Crippen LogP contribution in [0.15, 0.2) is 58.1 Å². The smallest absolute Gasteiger partial charge is 0.297 e. The van der Waals surface area contributed by atoms with Crippen molar-refractivity contribution in [2.45, 2.75) is 19.4 Å². The third-order valence-corrected chi connectivity index (χ3v) is 5.13. The minimum atomic E-state index is -0.385. The first-order valence-electron chi connectivity index (χ1n) is 9.56. The maximum Gasteiger partial charge on any atom is 0.297 e. The Morgan fingerprint density at radius 2 is 1.93 bits per heavy atom. The number of carbonyl (C=O) groups excluding carboxylic acids is 1. The SMILES string of the molecule is O=C(Cn1cnc2c(oc3ccccc32)c1=O)Nc1ccc(N2CCCC2)nc1. The Bertz CT molecular complexity index is 1250. The molecule has 0 radical (unpaired) electrons. The second kappa shape index (κ2) is 7.05. The number of para-hydroxylation sites is 1. The highest BCUT2D eigenvalue weighted by atomic mass is 16.3. The van der Waals surface area contributed by atoms with Gasteiger partial charge in [-0.2, -0.15) is 0 Å². The third kappa shape index (κ3) is 3.22. The van der Waals surface area contributed by atoms with Gasteiger partial charge in [0.05, 0.1) is 18.2 Å².